The number of nitrogens with two attached hydrogens (primary N) is 1. The molecule has 0 radical (unpaired) electrons. The van der Waals surface area contributed by atoms with Crippen molar-refractivity contribution in [2.24, 2.45) is 0 Å². The quantitative estimate of drug-likeness (QED) is 0.844. The summed E-state index contributed by atoms with van der Waals surface area (Å²) in [7, 11) is 1.88. The maximum atomic E-state index is 13.0. The molecule has 2 rings (SSSR count). The number of hydrogen-bond donors (Lipinski definition) is 1. The second-order valence-electron chi connectivity index (χ2n) is 4.25. The minimum Gasteiger partial charge on any atom is -0.399 e. The average Bonchev–Trinajstić information content (AvgIpc) is 2.81. The van der Waals surface area contributed by atoms with Crippen LogP contribution in [-0.2, 0) is 0 Å². The highest BCUT2D eigenvalue weighted by Crippen LogP contribution is 2.34. The molecule has 0 saturated carbocycles. The van der Waals surface area contributed by atoms with Crippen LogP contribution in [0.4, 0.5) is 20.2 Å². The fourth-order valence-corrected chi connectivity index (χ4v) is 3.36. The molecule has 1 aliphatic rings. The summed E-state index contributed by atoms with van der Waals surface area (Å²) >= 11 is 1.87. The van der Waals surface area contributed by atoms with Gasteiger partial charge in [0.05, 0.1) is 0 Å². The lowest BCUT2D eigenvalue weighted by molar-refractivity contribution is 0.152. The van der Waals surface area contributed by atoms with Crippen molar-refractivity contribution in [1.82, 2.24) is 0 Å². The van der Waals surface area contributed by atoms with Crippen molar-refractivity contribution in [2.75, 3.05) is 29.2 Å². The molecule has 1 heterocycles. The van der Waals surface area contributed by atoms with Gasteiger partial charge in [0.1, 0.15) is 0 Å². The van der Waals surface area contributed by atoms with Gasteiger partial charge in [-0.1, -0.05) is 0 Å². The van der Waals surface area contributed by atoms with E-state index >= 15 is 0 Å². The van der Waals surface area contributed by atoms with Crippen molar-refractivity contribution in [2.45, 2.75) is 18.9 Å². The molecule has 1 aromatic carbocycles. The summed E-state index contributed by atoms with van der Waals surface area (Å²) in [5, 5.41) is 0. The normalized spacial score (nSPS) is 19.9. The largest absolute Gasteiger partial charge is 0.399 e. The predicted octanol–water partition coefficient (Wildman–Crippen LogP) is 3.15. The molecular formula is C12H16F2N2S. The SMILES string of the molecule is CN(c1ccc(N)cc1C(F)F)C1CCSC1. The zero-order valence-corrected chi connectivity index (χ0v) is 10.5. The third-order valence-electron chi connectivity index (χ3n) is 3.12. The maximum absolute atomic E-state index is 13.0. The van der Waals surface area contributed by atoms with Crippen molar-refractivity contribution in [3.8, 4) is 0 Å². The molecule has 1 aliphatic heterocycles. The van der Waals surface area contributed by atoms with Crippen LogP contribution in [0, 0.1) is 0 Å². The highest BCUT2D eigenvalue weighted by molar-refractivity contribution is 7.99. The molecule has 0 bridgehead atoms. The Bertz CT molecular complexity index is 392. The monoisotopic (exact) mass is 258 g/mol. The summed E-state index contributed by atoms with van der Waals surface area (Å²) in [6, 6.07) is 5.10. The van der Waals surface area contributed by atoms with Gasteiger partial charge in [-0.3, -0.25) is 0 Å². The number of anilines is 2. The number of nitrogens with zero attached hydrogens (tertiary/aromatic N) is 1. The standard InChI is InChI=1S/C12H16F2N2S/c1-16(9-4-5-17-7-9)11-3-2-8(15)6-10(11)12(13)14/h2-3,6,9,12H,4-5,7,15H2,1H3. The van der Waals surface area contributed by atoms with Gasteiger partial charge in [0.2, 0.25) is 0 Å². The first-order valence-corrected chi connectivity index (χ1v) is 6.73. The van der Waals surface area contributed by atoms with Crippen LogP contribution >= 0.6 is 11.8 Å². The van der Waals surface area contributed by atoms with Crippen molar-refractivity contribution in [3.63, 3.8) is 0 Å². The number of thioether (sulfide) groups is 1. The summed E-state index contributed by atoms with van der Waals surface area (Å²) in [6.45, 7) is 0. The first-order chi connectivity index (χ1) is 8.09. The fourth-order valence-electron chi connectivity index (χ4n) is 2.09. The van der Waals surface area contributed by atoms with Gasteiger partial charge in [0, 0.05) is 35.8 Å². The Morgan fingerprint density at radius 1 is 1.47 bits per heavy atom. The maximum Gasteiger partial charge on any atom is 0.265 e. The Morgan fingerprint density at radius 3 is 2.82 bits per heavy atom. The number of halogens is 2. The predicted molar refractivity (Wildman–Crippen MR) is 69.9 cm³/mol. The van der Waals surface area contributed by atoms with E-state index in [1.165, 1.54) is 6.07 Å². The van der Waals surface area contributed by atoms with Crippen molar-refractivity contribution in [1.29, 1.82) is 0 Å². The molecule has 1 fully saturated rings. The lowest BCUT2D eigenvalue weighted by Gasteiger charge is -2.28. The highest BCUT2D eigenvalue weighted by atomic mass is 32.2. The number of rotatable bonds is 3. The molecule has 1 unspecified atom stereocenters. The van der Waals surface area contributed by atoms with Crippen molar-refractivity contribution < 1.29 is 8.78 Å². The van der Waals surface area contributed by atoms with E-state index in [-0.39, 0.29) is 5.56 Å². The van der Waals surface area contributed by atoms with Crippen LogP contribution < -0.4 is 10.6 Å². The molecular weight excluding hydrogens is 242 g/mol. The first-order valence-electron chi connectivity index (χ1n) is 5.57. The highest BCUT2D eigenvalue weighted by Gasteiger charge is 2.24. The van der Waals surface area contributed by atoms with Gasteiger partial charge < -0.3 is 10.6 Å². The molecule has 5 heteroatoms. The summed E-state index contributed by atoms with van der Waals surface area (Å²) in [4.78, 5) is 1.96. The molecule has 1 atom stereocenters. The van der Waals surface area contributed by atoms with E-state index < -0.39 is 6.43 Å². The topological polar surface area (TPSA) is 29.3 Å². The van der Waals surface area contributed by atoms with E-state index in [9.17, 15) is 8.78 Å². The van der Waals surface area contributed by atoms with E-state index in [1.807, 2.05) is 23.7 Å². The smallest absolute Gasteiger partial charge is 0.265 e. The number of nitrogen functional groups attached to an aromatic ring is 1. The Labute approximate surface area is 104 Å². The first kappa shape index (κ1) is 12.5. The fraction of sp³-hybridized carbons (Fsp3) is 0.500. The molecule has 0 spiro atoms. The molecule has 17 heavy (non-hydrogen) atoms. The van der Waals surface area contributed by atoms with Gasteiger partial charge in [0.25, 0.3) is 6.43 Å². The van der Waals surface area contributed by atoms with Crippen LogP contribution in [0.15, 0.2) is 18.2 Å². The van der Waals surface area contributed by atoms with Gasteiger partial charge in [-0.2, -0.15) is 11.8 Å². The average molecular weight is 258 g/mol. The van der Waals surface area contributed by atoms with Crippen molar-refractivity contribution in [3.05, 3.63) is 23.8 Å². The molecule has 0 amide bonds. The van der Waals surface area contributed by atoms with E-state index in [4.69, 9.17) is 5.73 Å². The zero-order valence-electron chi connectivity index (χ0n) is 9.70. The third kappa shape index (κ3) is 2.65. The Hall–Kier alpha value is -0.970. The van der Waals surface area contributed by atoms with Crippen LogP contribution in [0.3, 0.4) is 0 Å². The number of benzene rings is 1. The van der Waals surface area contributed by atoms with Crippen LogP contribution in [0.5, 0.6) is 0 Å². The Kier molecular flexibility index (Phi) is 3.76. The molecule has 0 aromatic heterocycles. The van der Waals surface area contributed by atoms with Crippen LogP contribution in [0.1, 0.15) is 18.4 Å². The lowest BCUT2D eigenvalue weighted by Crippen LogP contribution is -2.32. The van der Waals surface area contributed by atoms with Gasteiger partial charge in [0.15, 0.2) is 0 Å². The van der Waals surface area contributed by atoms with Gasteiger partial charge in [-0.15, -0.1) is 0 Å². The summed E-state index contributed by atoms with van der Waals surface area (Å²) in [5.74, 6) is 2.11. The lowest BCUT2D eigenvalue weighted by atomic mass is 10.1. The van der Waals surface area contributed by atoms with E-state index in [0.717, 1.165) is 17.9 Å². The van der Waals surface area contributed by atoms with E-state index in [0.29, 0.717) is 17.4 Å². The zero-order chi connectivity index (χ0) is 12.4. The van der Waals surface area contributed by atoms with E-state index in [1.54, 1.807) is 12.1 Å². The minimum atomic E-state index is -2.48. The van der Waals surface area contributed by atoms with Gasteiger partial charge in [-0.25, -0.2) is 8.78 Å². The molecule has 1 saturated heterocycles. The van der Waals surface area contributed by atoms with Crippen LogP contribution in [-0.4, -0.2) is 24.6 Å². The molecule has 2 nitrogen and oxygen atoms in total. The van der Waals surface area contributed by atoms with Gasteiger partial charge in [-0.05, 0) is 30.4 Å². The van der Waals surface area contributed by atoms with Crippen molar-refractivity contribution >= 4 is 23.1 Å². The molecule has 94 valence electrons. The minimum absolute atomic E-state index is 0.0319. The number of hydrogen-bond acceptors (Lipinski definition) is 3. The second kappa shape index (κ2) is 5.12. The summed E-state index contributed by atoms with van der Waals surface area (Å²) in [6.07, 6.45) is -1.43. The Balaban J connectivity index is 2.29. The van der Waals surface area contributed by atoms with Gasteiger partial charge >= 0.3 is 0 Å². The molecule has 2 N–H and O–H groups in total. The summed E-state index contributed by atoms with van der Waals surface area (Å²) < 4.78 is 25.9. The second-order valence-corrected chi connectivity index (χ2v) is 5.40. The third-order valence-corrected chi connectivity index (χ3v) is 4.26. The van der Waals surface area contributed by atoms with Crippen LogP contribution in [0.2, 0.25) is 0 Å². The molecule has 1 aromatic rings. The Morgan fingerprint density at radius 2 is 2.24 bits per heavy atom. The van der Waals surface area contributed by atoms with E-state index in [2.05, 4.69) is 0 Å². The number of alkyl halides is 2. The summed E-state index contributed by atoms with van der Waals surface area (Å²) in [5.41, 5.74) is 6.58. The molecule has 0 aliphatic carbocycles. The van der Waals surface area contributed by atoms with Crippen LogP contribution in [0.25, 0.3) is 0 Å².